The number of rotatable bonds is 2. The van der Waals surface area contributed by atoms with E-state index in [-0.39, 0.29) is 0 Å². The van der Waals surface area contributed by atoms with Gasteiger partial charge in [0.2, 0.25) is 0 Å². The summed E-state index contributed by atoms with van der Waals surface area (Å²) in [6.07, 6.45) is 0. The number of nitrogen functional groups attached to an aromatic ring is 1. The predicted molar refractivity (Wildman–Crippen MR) is 86.0 cm³/mol. The number of anilines is 3. The van der Waals surface area contributed by atoms with Gasteiger partial charge in [0, 0.05) is 8.04 Å². The van der Waals surface area contributed by atoms with Crippen LogP contribution in [0.25, 0.3) is 0 Å². The normalized spacial score (nSPS) is 10.3. The first-order valence-corrected chi connectivity index (χ1v) is 7.08. The first-order chi connectivity index (χ1) is 8.06. The van der Waals surface area contributed by atoms with Gasteiger partial charge in [-0.3, -0.25) is 0 Å². The summed E-state index contributed by atoms with van der Waals surface area (Å²) in [7, 11) is 0. The number of nitrogens with one attached hydrogen (secondary N) is 1. The largest absolute Gasteiger partial charge is 0.397 e. The molecule has 5 heteroatoms. The van der Waals surface area contributed by atoms with E-state index in [0.717, 1.165) is 19.4 Å². The highest BCUT2D eigenvalue weighted by Gasteiger charge is 2.04. The minimum Gasteiger partial charge on any atom is -0.397 e. The topological polar surface area (TPSA) is 38.0 Å². The van der Waals surface area contributed by atoms with E-state index >= 15 is 0 Å². The first-order valence-electron chi connectivity index (χ1n) is 4.83. The van der Waals surface area contributed by atoms with Gasteiger partial charge in [-0.1, -0.05) is 27.5 Å². The molecule has 3 N–H and O–H groups in total. The molecule has 0 atom stereocenters. The number of benzene rings is 2. The molecule has 0 saturated carbocycles. The molecule has 0 spiro atoms. The fourth-order valence-corrected chi connectivity index (χ4v) is 2.64. The maximum Gasteiger partial charge on any atom is 0.0651 e. The molecule has 2 nitrogen and oxygen atoms in total. The summed E-state index contributed by atoms with van der Waals surface area (Å²) in [5.74, 6) is 0. The summed E-state index contributed by atoms with van der Waals surface area (Å²) in [6, 6.07) is 11.5. The number of hydrogen-bond acceptors (Lipinski definition) is 2. The Labute approximate surface area is 127 Å². The third kappa shape index (κ3) is 3.26. The van der Waals surface area contributed by atoms with E-state index in [4.69, 9.17) is 17.3 Å². The maximum atomic E-state index is 6.15. The molecule has 0 aliphatic carbocycles. The van der Waals surface area contributed by atoms with Crippen LogP contribution >= 0.6 is 50.1 Å². The van der Waals surface area contributed by atoms with Crippen molar-refractivity contribution in [2.75, 3.05) is 11.1 Å². The van der Waals surface area contributed by atoms with Gasteiger partial charge in [-0.15, -0.1) is 0 Å². The quantitative estimate of drug-likeness (QED) is 0.525. The van der Waals surface area contributed by atoms with Crippen LogP contribution in [0.1, 0.15) is 0 Å². The molecule has 2 aromatic rings. The summed E-state index contributed by atoms with van der Waals surface area (Å²) in [5, 5.41) is 3.90. The summed E-state index contributed by atoms with van der Waals surface area (Å²) >= 11 is 11.8. The van der Waals surface area contributed by atoms with E-state index in [1.54, 1.807) is 0 Å². The van der Waals surface area contributed by atoms with Gasteiger partial charge in [-0.25, -0.2) is 0 Å². The second kappa shape index (κ2) is 5.46. The van der Waals surface area contributed by atoms with Crippen molar-refractivity contribution in [1.29, 1.82) is 0 Å². The molecular weight excluding hydrogens is 414 g/mol. The third-order valence-corrected chi connectivity index (χ3v) is 3.69. The summed E-state index contributed by atoms with van der Waals surface area (Å²) in [6.45, 7) is 0. The Balaban J connectivity index is 2.34. The zero-order valence-corrected chi connectivity index (χ0v) is 13.2. The number of nitrogens with two attached hydrogens (primary N) is 1. The van der Waals surface area contributed by atoms with Crippen molar-refractivity contribution < 1.29 is 0 Å². The van der Waals surface area contributed by atoms with Gasteiger partial charge < -0.3 is 11.1 Å². The van der Waals surface area contributed by atoms with Crippen molar-refractivity contribution in [3.05, 3.63) is 49.5 Å². The third-order valence-electron chi connectivity index (χ3n) is 2.22. The molecule has 17 heavy (non-hydrogen) atoms. The Morgan fingerprint density at radius 3 is 2.59 bits per heavy atom. The van der Waals surface area contributed by atoms with Crippen molar-refractivity contribution in [1.82, 2.24) is 0 Å². The molecule has 0 radical (unpaired) electrons. The highest BCUT2D eigenvalue weighted by Crippen LogP contribution is 2.31. The molecule has 2 rings (SSSR count). The van der Waals surface area contributed by atoms with Crippen molar-refractivity contribution in [3.63, 3.8) is 0 Å². The SMILES string of the molecule is Nc1ccc(Br)cc1Nc1ccc(I)cc1Cl. The highest BCUT2D eigenvalue weighted by atomic mass is 127. The van der Waals surface area contributed by atoms with Gasteiger partial charge in [0.05, 0.1) is 22.1 Å². The standard InChI is InChI=1S/C12H9BrClIN2/c13-7-1-3-10(16)12(5-7)17-11-4-2-8(15)6-9(11)14/h1-6,17H,16H2. The zero-order chi connectivity index (χ0) is 12.4. The Morgan fingerprint density at radius 1 is 1.12 bits per heavy atom. The number of hydrogen-bond donors (Lipinski definition) is 2. The van der Waals surface area contributed by atoms with Crippen LogP contribution in [-0.2, 0) is 0 Å². The van der Waals surface area contributed by atoms with E-state index in [0.29, 0.717) is 10.7 Å². The van der Waals surface area contributed by atoms with Crippen LogP contribution in [0.2, 0.25) is 5.02 Å². The fourth-order valence-electron chi connectivity index (χ4n) is 1.37. The van der Waals surface area contributed by atoms with E-state index in [9.17, 15) is 0 Å². The summed E-state index contributed by atoms with van der Waals surface area (Å²) < 4.78 is 2.07. The van der Waals surface area contributed by atoms with Crippen LogP contribution in [0.4, 0.5) is 17.1 Å². The molecule has 0 amide bonds. The molecule has 0 bridgehead atoms. The fraction of sp³-hybridized carbons (Fsp3) is 0. The van der Waals surface area contributed by atoms with Crippen LogP contribution in [0.15, 0.2) is 40.9 Å². The summed E-state index contributed by atoms with van der Waals surface area (Å²) in [4.78, 5) is 0. The van der Waals surface area contributed by atoms with E-state index in [2.05, 4.69) is 43.8 Å². The lowest BCUT2D eigenvalue weighted by Crippen LogP contribution is -1.96. The Bertz CT molecular complexity index is 560. The molecule has 0 aliphatic rings. The highest BCUT2D eigenvalue weighted by molar-refractivity contribution is 14.1. The average Bonchev–Trinajstić information content (AvgIpc) is 2.27. The van der Waals surface area contributed by atoms with Crippen molar-refractivity contribution in [2.24, 2.45) is 0 Å². The molecule has 0 aliphatic heterocycles. The molecule has 0 saturated heterocycles. The van der Waals surface area contributed by atoms with Crippen molar-refractivity contribution >= 4 is 67.2 Å². The van der Waals surface area contributed by atoms with Crippen LogP contribution in [0.3, 0.4) is 0 Å². The van der Waals surface area contributed by atoms with Crippen LogP contribution in [-0.4, -0.2) is 0 Å². The van der Waals surface area contributed by atoms with Gasteiger partial charge in [-0.05, 0) is 59.0 Å². The Kier molecular flexibility index (Phi) is 4.17. The minimum atomic E-state index is 0.677. The molecule has 2 aromatic carbocycles. The molecule has 88 valence electrons. The lowest BCUT2D eigenvalue weighted by atomic mass is 10.2. The zero-order valence-electron chi connectivity index (χ0n) is 8.68. The Hall–Kier alpha value is -0.460. The van der Waals surface area contributed by atoms with Gasteiger partial charge in [0.1, 0.15) is 0 Å². The molecular formula is C12H9BrClIN2. The predicted octanol–water partition coefficient (Wildman–Crippen LogP) is 5.03. The number of halogens is 3. The van der Waals surface area contributed by atoms with Crippen molar-refractivity contribution in [3.8, 4) is 0 Å². The molecule has 0 unspecified atom stereocenters. The van der Waals surface area contributed by atoms with Crippen LogP contribution in [0, 0.1) is 3.57 Å². The maximum absolute atomic E-state index is 6.15. The van der Waals surface area contributed by atoms with Crippen LogP contribution < -0.4 is 11.1 Å². The van der Waals surface area contributed by atoms with Crippen LogP contribution in [0.5, 0.6) is 0 Å². The van der Waals surface area contributed by atoms with Gasteiger partial charge >= 0.3 is 0 Å². The minimum absolute atomic E-state index is 0.677. The van der Waals surface area contributed by atoms with E-state index in [1.165, 1.54) is 0 Å². The van der Waals surface area contributed by atoms with Gasteiger partial charge in [0.15, 0.2) is 0 Å². The van der Waals surface area contributed by atoms with Gasteiger partial charge in [0.25, 0.3) is 0 Å². The van der Waals surface area contributed by atoms with E-state index in [1.807, 2.05) is 36.4 Å². The lowest BCUT2D eigenvalue weighted by molar-refractivity contribution is 1.52. The molecule has 0 fully saturated rings. The van der Waals surface area contributed by atoms with Gasteiger partial charge in [-0.2, -0.15) is 0 Å². The second-order valence-electron chi connectivity index (χ2n) is 3.48. The second-order valence-corrected chi connectivity index (χ2v) is 6.05. The molecule has 0 aromatic heterocycles. The van der Waals surface area contributed by atoms with Crippen molar-refractivity contribution in [2.45, 2.75) is 0 Å². The average molecular weight is 423 g/mol. The smallest absolute Gasteiger partial charge is 0.0651 e. The van der Waals surface area contributed by atoms with E-state index < -0.39 is 0 Å². The monoisotopic (exact) mass is 422 g/mol. The summed E-state index contributed by atoms with van der Waals surface area (Å²) in [5.41, 5.74) is 8.25. The molecule has 0 heterocycles. The Morgan fingerprint density at radius 2 is 1.88 bits per heavy atom. The lowest BCUT2D eigenvalue weighted by Gasteiger charge is -2.11. The first kappa shape index (κ1) is 13.0.